The Hall–Kier alpha value is -1.06. The van der Waals surface area contributed by atoms with E-state index in [1.165, 1.54) is 0 Å². The molecule has 0 N–H and O–H groups in total. The van der Waals surface area contributed by atoms with Crippen LogP contribution >= 0.6 is 0 Å². The van der Waals surface area contributed by atoms with E-state index in [0.29, 0.717) is 5.92 Å². The molecule has 0 aliphatic carbocycles. The van der Waals surface area contributed by atoms with Crippen molar-refractivity contribution in [1.29, 1.82) is 0 Å². The molecule has 1 radical (unpaired) electrons. The molecule has 0 atom stereocenters. The van der Waals surface area contributed by atoms with Crippen molar-refractivity contribution in [2.75, 3.05) is 6.61 Å². The van der Waals surface area contributed by atoms with Crippen molar-refractivity contribution < 1.29 is 19.1 Å². The first-order valence-electron chi connectivity index (χ1n) is 3.37. The summed E-state index contributed by atoms with van der Waals surface area (Å²) in [5, 5.41) is 0. The molecule has 4 heteroatoms. The Bertz CT molecular complexity index is 130. The van der Waals surface area contributed by atoms with Crippen LogP contribution in [0.4, 0.5) is 4.79 Å². The number of hydrogen-bond donors (Lipinski definition) is 0. The SMILES string of the molecule is CC(C)CCOC(=O)O[C]=O. The van der Waals surface area contributed by atoms with E-state index in [4.69, 9.17) is 0 Å². The largest absolute Gasteiger partial charge is 0.516 e. The van der Waals surface area contributed by atoms with Gasteiger partial charge in [0.05, 0.1) is 6.61 Å². The second-order valence-corrected chi connectivity index (χ2v) is 2.47. The lowest BCUT2D eigenvalue weighted by atomic mass is 10.1. The maximum atomic E-state index is 10.3. The molecule has 0 aromatic rings. The van der Waals surface area contributed by atoms with Crippen LogP contribution in [-0.2, 0) is 14.3 Å². The predicted octanol–water partition coefficient (Wildman–Crippen LogP) is 1.25. The lowest BCUT2D eigenvalue weighted by molar-refractivity contribution is 0.0899. The lowest BCUT2D eigenvalue weighted by Crippen LogP contribution is -2.08. The third-order valence-electron chi connectivity index (χ3n) is 1.04. The molecule has 0 unspecified atom stereocenters. The molecule has 0 bridgehead atoms. The Labute approximate surface area is 65.5 Å². The average Bonchev–Trinajstić information content (AvgIpc) is 1.87. The van der Waals surface area contributed by atoms with Crippen LogP contribution in [0.2, 0.25) is 0 Å². The molecule has 0 aliphatic heterocycles. The molecular formula is C7H11O4. The standard InChI is InChI=1S/C7H11O4/c1-6(2)3-4-10-7(9)11-5-8/h6H,3-4H2,1-2H3. The fraction of sp³-hybridized carbons (Fsp3) is 0.714. The molecule has 0 amide bonds. The van der Waals surface area contributed by atoms with Gasteiger partial charge >= 0.3 is 12.6 Å². The van der Waals surface area contributed by atoms with Crippen molar-refractivity contribution in [3.63, 3.8) is 0 Å². The Kier molecular flexibility index (Phi) is 5.15. The highest BCUT2D eigenvalue weighted by Gasteiger charge is 2.03. The van der Waals surface area contributed by atoms with E-state index < -0.39 is 6.16 Å². The molecule has 0 fully saturated rings. The Balaban J connectivity index is 3.24. The third-order valence-corrected chi connectivity index (χ3v) is 1.04. The first-order chi connectivity index (χ1) is 5.16. The highest BCUT2D eigenvalue weighted by molar-refractivity contribution is 5.69. The average molecular weight is 159 g/mol. The van der Waals surface area contributed by atoms with Gasteiger partial charge in [0.2, 0.25) is 0 Å². The highest BCUT2D eigenvalue weighted by atomic mass is 16.7. The van der Waals surface area contributed by atoms with Gasteiger partial charge in [-0.1, -0.05) is 13.8 Å². The minimum atomic E-state index is -0.986. The van der Waals surface area contributed by atoms with Crippen LogP contribution in [0.3, 0.4) is 0 Å². The van der Waals surface area contributed by atoms with Gasteiger partial charge in [-0.2, -0.15) is 0 Å². The summed E-state index contributed by atoms with van der Waals surface area (Å²) in [6.45, 7) is 5.26. The zero-order chi connectivity index (χ0) is 8.69. The van der Waals surface area contributed by atoms with E-state index in [1.807, 2.05) is 13.8 Å². The number of carbonyl (C=O) groups excluding carboxylic acids is 2. The fourth-order valence-electron chi connectivity index (χ4n) is 0.441. The van der Waals surface area contributed by atoms with E-state index in [9.17, 15) is 9.59 Å². The van der Waals surface area contributed by atoms with Crippen molar-refractivity contribution in [2.45, 2.75) is 20.3 Å². The summed E-state index contributed by atoms with van der Waals surface area (Å²) in [7, 11) is 0. The van der Waals surface area contributed by atoms with Gasteiger partial charge in [0.1, 0.15) is 0 Å². The topological polar surface area (TPSA) is 52.6 Å². The minimum Gasteiger partial charge on any atom is -0.434 e. The number of hydrogen-bond acceptors (Lipinski definition) is 4. The summed E-state index contributed by atoms with van der Waals surface area (Å²) in [6, 6.07) is 0. The normalized spacial score (nSPS) is 9.36. The second kappa shape index (κ2) is 5.70. The maximum absolute atomic E-state index is 10.3. The molecule has 0 aliphatic rings. The van der Waals surface area contributed by atoms with E-state index in [1.54, 1.807) is 0 Å². The number of rotatable bonds is 4. The summed E-state index contributed by atoms with van der Waals surface area (Å²) in [5.41, 5.74) is 0. The third kappa shape index (κ3) is 6.83. The van der Waals surface area contributed by atoms with E-state index in [-0.39, 0.29) is 6.61 Å². The van der Waals surface area contributed by atoms with Crippen LogP contribution in [0.5, 0.6) is 0 Å². The molecule has 0 heterocycles. The second-order valence-electron chi connectivity index (χ2n) is 2.47. The van der Waals surface area contributed by atoms with Crippen LogP contribution in [-0.4, -0.2) is 19.2 Å². The van der Waals surface area contributed by atoms with Crippen LogP contribution < -0.4 is 0 Å². The van der Waals surface area contributed by atoms with Gasteiger partial charge < -0.3 is 9.47 Å². The van der Waals surface area contributed by atoms with E-state index >= 15 is 0 Å². The maximum Gasteiger partial charge on any atom is 0.516 e. The van der Waals surface area contributed by atoms with Crippen molar-refractivity contribution in [3.8, 4) is 0 Å². The number of carbonyl (C=O) groups is 1. The van der Waals surface area contributed by atoms with Crippen molar-refractivity contribution in [1.82, 2.24) is 0 Å². The van der Waals surface area contributed by atoms with Crippen LogP contribution in [0.1, 0.15) is 20.3 Å². The van der Waals surface area contributed by atoms with E-state index in [2.05, 4.69) is 9.47 Å². The van der Waals surface area contributed by atoms with Crippen LogP contribution in [0.25, 0.3) is 0 Å². The molecule has 0 aromatic heterocycles. The number of ether oxygens (including phenoxy) is 2. The van der Waals surface area contributed by atoms with Gasteiger partial charge in [0.25, 0.3) is 0 Å². The molecule has 0 aromatic carbocycles. The summed E-state index contributed by atoms with van der Waals surface area (Å²) in [6.07, 6.45) is -0.228. The molecule has 11 heavy (non-hydrogen) atoms. The molecule has 0 spiro atoms. The lowest BCUT2D eigenvalue weighted by Gasteiger charge is -2.03. The zero-order valence-electron chi connectivity index (χ0n) is 6.62. The van der Waals surface area contributed by atoms with Crippen molar-refractivity contribution in [2.24, 2.45) is 5.92 Å². The molecular weight excluding hydrogens is 148 g/mol. The monoisotopic (exact) mass is 159 g/mol. The van der Waals surface area contributed by atoms with Crippen LogP contribution in [0, 0.1) is 5.92 Å². The quantitative estimate of drug-likeness (QED) is 0.457. The first-order valence-corrected chi connectivity index (χ1v) is 3.37. The van der Waals surface area contributed by atoms with Crippen molar-refractivity contribution >= 4 is 12.6 Å². The Morgan fingerprint density at radius 2 is 2.18 bits per heavy atom. The van der Waals surface area contributed by atoms with Gasteiger partial charge in [0.15, 0.2) is 0 Å². The molecule has 0 saturated heterocycles. The zero-order valence-corrected chi connectivity index (χ0v) is 6.62. The molecule has 0 rings (SSSR count). The highest BCUT2D eigenvalue weighted by Crippen LogP contribution is 1.99. The molecule has 63 valence electrons. The summed E-state index contributed by atoms with van der Waals surface area (Å²) in [4.78, 5) is 19.8. The fourth-order valence-corrected chi connectivity index (χ4v) is 0.441. The van der Waals surface area contributed by atoms with E-state index in [0.717, 1.165) is 12.9 Å². The minimum absolute atomic E-state index is 0.276. The Morgan fingerprint density at radius 3 is 2.64 bits per heavy atom. The predicted molar refractivity (Wildman–Crippen MR) is 37.6 cm³/mol. The summed E-state index contributed by atoms with van der Waals surface area (Å²) in [5.74, 6) is 0.461. The van der Waals surface area contributed by atoms with Gasteiger partial charge in [-0.25, -0.2) is 9.59 Å². The van der Waals surface area contributed by atoms with Gasteiger partial charge in [-0.3, -0.25) is 0 Å². The first kappa shape index (κ1) is 9.94. The van der Waals surface area contributed by atoms with Gasteiger partial charge in [-0.15, -0.1) is 0 Å². The Morgan fingerprint density at radius 1 is 1.55 bits per heavy atom. The summed E-state index contributed by atoms with van der Waals surface area (Å²) >= 11 is 0. The smallest absolute Gasteiger partial charge is 0.434 e. The van der Waals surface area contributed by atoms with Crippen molar-refractivity contribution in [3.05, 3.63) is 0 Å². The summed E-state index contributed by atoms with van der Waals surface area (Å²) < 4.78 is 8.23. The van der Waals surface area contributed by atoms with Crippen LogP contribution in [0.15, 0.2) is 0 Å². The molecule has 0 saturated carbocycles. The van der Waals surface area contributed by atoms with Gasteiger partial charge in [-0.05, 0) is 12.3 Å². The molecule has 4 nitrogen and oxygen atoms in total. The van der Waals surface area contributed by atoms with Gasteiger partial charge in [0, 0.05) is 0 Å².